The average Bonchev–Trinajstić information content (AvgIpc) is 2.78. The molecule has 3 heteroatoms. The molecule has 0 amide bonds. The Morgan fingerprint density at radius 2 is 1.31 bits per heavy atom. The Balaban J connectivity index is -0.000000186. The van der Waals surface area contributed by atoms with Crippen LogP contribution in [0.5, 0.6) is 0 Å². The zero-order valence-corrected chi connectivity index (χ0v) is 23.6. The zero-order chi connectivity index (χ0) is 19.3. The number of allylic oxidation sites excluding steroid dienone is 4. The molecule has 26 heavy (non-hydrogen) atoms. The van der Waals surface area contributed by atoms with E-state index in [4.69, 9.17) is 5.73 Å². The molecule has 0 aliphatic heterocycles. The van der Waals surface area contributed by atoms with Gasteiger partial charge in [-0.15, -0.1) is 6.92 Å². The first kappa shape index (κ1) is 28.7. The van der Waals surface area contributed by atoms with Gasteiger partial charge in [0.2, 0.25) is 0 Å². The van der Waals surface area contributed by atoms with Crippen LogP contribution in [0, 0.1) is 6.08 Å². The summed E-state index contributed by atoms with van der Waals surface area (Å²) in [4.78, 5) is 0. The molecule has 1 rings (SSSR count). The van der Waals surface area contributed by atoms with Crippen LogP contribution in [-0.2, 0) is 25.8 Å². The Morgan fingerprint density at radius 3 is 1.58 bits per heavy atom. The fourth-order valence-electron chi connectivity index (χ4n) is 3.44. The summed E-state index contributed by atoms with van der Waals surface area (Å²) >= 11 is 0. The second kappa shape index (κ2) is 16.5. The Kier molecular flexibility index (Phi) is 18.2. The molecule has 0 aromatic rings. The molecule has 0 saturated carbocycles. The van der Waals surface area contributed by atoms with Crippen molar-refractivity contribution in [3.05, 3.63) is 28.5 Å². The van der Waals surface area contributed by atoms with Crippen molar-refractivity contribution < 1.29 is 28.7 Å². The van der Waals surface area contributed by atoms with Gasteiger partial charge in [0.1, 0.15) is 0 Å². The van der Waals surface area contributed by atoms with Crippen molar-refractivity contribution in [3.63, 3.8) is 0 Å². The predicted molar refractivity (Wildman–Crippen MR) is 121 cm³/mol. The Bertz CT molecular complexity index is 415. The number of hydrogen-bond acceptors (Lipinski definition) is 0. The molecule has 1 nitrogen and oxygen atoms in total. The number of hydrogen-bond donors (Lipinski definition) is 0. The maximum atomic E-state index is 7.00. The molecule has 0 saturated heterocycles. The van der Waals surface area contributed by atoms with E-state index < -0.39 is 8.80 Å². The van der Waals surface area contributed by atoms with E-state index in [1.807, 2.05) is 0 Å². The van der Waals surface area contributed by atoms with E-state index in [1.54, 1.807) is 5.57 Å². The molecule has 0 aromatic carbocycles. The van der Waals surface area contributed by atoms with Crippen molar-refractivity contribution in [2.24, 2.45) is 0 Å². The van der Waals surface area contributed by atoms with Crippen LogP contribution in [0.4, 0.5) is 0 Å². The second-order valence-corrected chi connectivity index (χ2v) is 11.8. The first-order valence-corrected chi connectivity index (χ1v) is 13.6. The predicted octanol–water partition coefficient (Wildman–Crippen LogP) is 8.51. The molecule has 1 unspecified atom stereocenters. The second-order valence-electron chi connectivity index (χ2n) is 8.29. The first-order valence-electron chi connectivity index (χ1n) is 10.8. The van der Waals surface area contributed by atoms with Gasteiger partial charge >= 0.3 is 0 Å². The minimum atomic E-state index is -0.663. The van der Waals surface area contributed by atoms with Crippen molar-refractivity contribution in [2.45, 2.75) is 117 Å². The van der Waals surface area contributed by atoms with Crippen LogP contribution in [0.3, 0.4) is 0 Å². The van der Waals surface area contributed by atoms with Crippen LogP contribution in [-0.4, -0.2) is 15.3 Å². The molecule has 0 aromatic heterocycles. The van der Waals surface area contributed by atoms with Crippen molar-refractivity contribution in [2.75, 3.05) is 6.54 Å². The van der Waals surface area contributed by atoms with Crippen molar-refractivity contribution in [3.8, 4) is 0 Å². The standard InChI is InChI=1S/C12H26N.C11H19Si.Hf.2H/c1-2-3-4-5-6-7-8-9-10-11-12-13;1-8-7-11(4,12(5)6)10(3)9(8)2;;;/h13H,2-12H2,1H3;12H,1-6H3;;;/q2*-1;;2*-1. The Labute approximate surface area is 189 Å². The van der Waals surface area contributed by atoms with E-state index in [0.717, 1.165) is 6.42 Å². The largest absolute Gasteiger partial charge is 1.00 e. The summed E-state index contributed by atoms with van der Waals surface area (Å²) in [6, 6.07) is 0. The summed E-state index contributed by atoms with van der Waals surface area (Å²) < 4.78 is 0. The monoisotopic (exact) mass is 545 g/mol. The fraction of sp³-hybridized carbons (Fsp3) is 0.826. The van der Waals surface area contributed by atoms with Crippen LogP contribution in [0.2, 0.25) is 18.1 Å². The van der Waals surface area contributed by atoms with Crippen LogP contribution in [0.25, 0.3) is 5.73 Å². The molecule has 156 valence electrons. The first-order chi connectivity index (χ1) is 11.8. The SMILES string of the molecule is CC1=[C-]C(C)([SiH](C)C)C(C)=C1C.CCCCCCCCCCCC[NH-].[H-].[H-].[Hf]. The molecule has 1 atom stereocenters. The number of nitrogens with one attached hydrogen (secondary N) is 1. The van der Waals surface area contributed by atoms with Crippen LogP contribution in [0.1, 0.15) is 102 Å². The zero-order valence-electron chi connectivity index (χ0n) is 20.9. The molecule has 1 aliphatic rings. The van der Waals surface area contributed by atoms with Gasteiger partial charge in [-0.25, -0.2) is 5.57 Å². The smallest absolute Gasteiger partial charge is 0.0251 e. The number of unbranched alkanes of at least 4 members (excludes halogenated alkanes) is 9. The summed E-state index contributed by atoms with van der Waals surface area (Å²) in [5, 5.41) is 0.328. The van der Waals surface area contributed by atoms with Gasteiger partial charge in [0.05, 0.1) is 0 Å². The third-order valence-electron chi connectivity index (χ3n) is 6.04. The molecular formula is C23H47HfNSi-4. The minimum Gasteiger partial charge on any atom is -1.00 e. The van der Waals surface area contributed by atoms with Gasteiger partial charge in [0, 0.05) is 34.6 Å². The third-order valence-corrected chi connectivity index (χ3v) is 8.92. The molecule has 1 aliphatic carbocycles. The summed E-state index contributed by atoms with van der Waals surface area (Å²) in [7, 11) is -0.663. The maximum Gasteiger partial charge on any atom is 0.0251 e. The maximum absolute atomic E-state index is 7.00. The van der Waals surface area contributed by atoms with E-state index in [9.17, 15) is 0 Å². The quantitative estimate of drug-likeness (QED) is 0.142. The van der Waals surface area contributed by atoms with Crippen LogP contribution < -0.4 is 0 Å². The topological polar surface area (TPSA) is 23.8 Å². The van der Waals surface area contributed by atoms with Crippen LogP contribution in [0.15, 0.2) is 16.7 Å². The minimum absolute atomic E-state index is 0. The van der Waals surface area contributed by atoms with E-state index in [2.05, 4.69) is 53.8 Å². The summed E-state index contributed by atoms with van der Waals surface area (Å²) in [6.45, 7) is 16.7. The van der Waals surface area contributed by atoms with E-state index in [-0.39, 0.29) is 28.7 Å². The molecule has 0 fully saturated rings. The van der Waals surface area contributed by atoms with Crippen molar-refractivity contribution in [1.82, 2.24) is 0 Å². The molecule has 0 heterocycles. The molecule has 0 spiro atoms. The molecule has 0 bridgehead atoms. The fourth-order valence-corrected chi connectivity index (χ4v) is 5.03. The van der Waals surface area contributed by atoms with E-state index in [1.165, 1.54) is 68.9 Å². The normalized spacial score (nSPS) is 19.2. The average molecular weight is 544 g/mol. The van der Waals surface area contributed by atoms with Gasteiger partial charge in [-0.2, -0.15) is 17.7 Å². The molecular weight excluding hydrogens is 497 g/mol. The van der Waals surface area contributed by atoms with Gasteiger partial charge in [-0.3, -0.25) is 6.08 Å². The van der Waals surface area contributed by atoms with E-state index >= 15 is 0 Å². The Morgan fingerprint density at radius 1 is 0.885 bits per heavy atom. The summed E-state index contributed by atoms with van der Waals surface area (Å²) in [5.74, 6) is 0. The Hall–Kier alpha value is 0.527. The summed E-state index contributed by atoms with van der Waals surface area (Å²) in [6.07, 6.45) is 17.3. The molecule has 0 radical (unpaired) electrons. The van der Waals surface area contributed by atoms with Gasteiger partial charge in [0.25, 0.3) is 0 Å². The molecule has 1 N–H and O–H groups in total. The van der Waals surface area contributed by atoms with Gasteiger partial charge in [-0.1, -0.05) is 110 Å². The van der Waals surface area contributed by atoms with Crippen molar-refractivity contribution in [1.29, 1.82) is 0 Å². The van der Waals surface area contributed by atoms with Gasteiger partial charge in [-0.05, 0) is 0 Å². The summed E-state index contributed by atoms with van der Waals surface area (Å²) in [5.41, 5.74) is 11.4. The van der Waals surface area contributed by atoms with E-state index in [0.29, 0.717) is 11.6 Å². The van der Waals surface area contributed by atoms with Crippen LogP contribution >= 0.6 is 0 Å². The third kappa shape index (κ3) is 10.8. The number of rotatable bonds is 11. The van der Waals surface area contributed by atoms with Gasteiger partial charge < -0.3 is 8.59 Å². The van der Waals surface area contributed by atoms with Gasteiger partial charge in [0.15, 0.2) is 0 Å². The van der Waals surface area contributed by atoms with Crippen molar-refractivity contribution >= 4 is 8.80 Å².